The number of aryl methyl sites for hydroxylation is 1. The van der Waals surface area contributed by atoms with E-state index in [9.17, 15) is 13.2 Å². The van der Waals surface area contributed by atoms with E-state index < -0.39 is 17.4 Å². The Bertz CT molecular complexity index is 300. The first-order valence-corrected chi connectivity index (χ1v) is 3.20. The van der Waals surface area contributed by atoms with E-state index in [2.05, 4.69) is 5.10 Å². The van der Waals surface area contributed by atoms with Crippen LogP contribution in [0.25, 0.3) is 0 Å². The smallest absolute Gasteiger partial charge is 0.291 e. The fraction of sp³-hybridized carbons (Fsp3) is 0.500. The second-order valence-corrected chi connectivity index (χ2v) is 2.56. The number of rotatable bonds is 1. The molecular formula is C6H8F3N3. The summed E-state index contributed by atoms with van der Waals surface area (Å²) in [5, 5.41) is 3.25. The molecule has 0 saturated carbocycles. The van der Waals surface area contributed by atoms with Crippen LogP contribution < -0.4 is 5.73 Å². The summed E-state index contributed by atoms with van der Waals surface area (Å²) in [5.41, 5.74) is 4.18. The Morgan fingerprint density at radius 2 is 2.00 bits per heavy atom. The zero-order chi connectivity index (χ0) is 9.52. The summed E-state index contributed by atoms with van der Waals surface area (Å²) in [6.07, 6.45) is 0. The second kappa shape index (κ2) is 2.40. The molecule has 0 aliphatic heterocycles. The molecule has 0 saturated heterocycles. The van der Waals surface area contributed by atoms with Crippen LogP contribution in [0.3, 0.4) is 0 Å². The van der Waals surface area contributed by atoms with E-state index in [1.807, 2.05) is 0 Å². The third-order valence-corrected chi connectivity index (χ3v) is 1.45. The van der Waals surface area contributed by atoms with Crippen LogP contribution in [0.4, 0.5) is 19.0 Å². The summed E-state index contributed by atoms with van der Waals surface area (Å²) in [7, 11) is 1.30. The van der Waals surface area contributed by atoms with E-state index in [0.29, 0.717) is 6.92 Å². The number of nitrogen functional groups attached to an aromatic ring is 1. The first-order valence-electron chi connectivity index (χ1n) is 3.20. The number of hydrogen-bond acceptors (Lipinski definition) is 2. The van der Waals surface area contributed by atoms with E-state index in [-0.39, 0.29) is 5.82 Å². The molecule has 0 spiro atoms. The number of nitrogens with zero attached hydrogens (tertiary/aromatic N) is 2. The molecule has 0 fully saturated rings. The van der Waals surface area contributed by atoms with Gasteiger partial charge in [0.2, 0.25) is 0 Å². The summed E-state index contributed by atoms with van der Waals surface area (Å²) in [4.78, 5) is 0. The lowest BCUT2D eigenvalue weighted by Crippen LogP contribution is -2.10. The van der Waals surface area contributed by atoms with Gasteiger partial charge in [-0.3, -0.25) is 0 Å². The molecule has 6 heteroatoms. The highest BCUT2D eigenvalue weighted by molar-refractivity contribution is 5.34. The maximum atomic E-state index is 12.8. The molecule has 0 unspecified atom stereocenters. The van der Waals surface area contributed by atoms with Crippen LogP contribution in [0.15, 0.2) is 0 Å². The van der Waals surface area contributed by atoms with Gasteiger partial charge in [-0.25, -0.2) is 9.07 Å². The minimum Gasteiger partial charge on any atom is -0.381 e. The average Bonchev–Trinajstić information content (AvgIpc) is 2.15. The molecule has 0 aliphatic rings. The zero-order valence-corrected chi connectivity index (χ0v) is 6.61. The Hall–Kier alpha value is -1.20. The highest BCUT2D eigenvalue weighted by Crippen LogP contribution is 2.29. The van der Waals surface area contributed by atoms with Crippen LogP contribution in [0.2, 0.25) is 0 Å². The van der Waals surface area contributed by atoms with Crippen molar-refractivity contribution in [2.45, 2.75) is 12.8 Å². The Balaban J connectivity index is 3.28. The van der Waals surface area contributed by atoms with Crippen molar-refractivity contribution in [1.29, 1.82) is 0 Å². The maximum Gasteiger partial charge on any atom is 0.291 e. The molecule has 1 aromatic rings. The third kappa shape index (κ3) is 1.24. The van der Waals surface area contributed by atoms with Crippen molar-refractivity contribution in [1.82, 2.24) is 9.78 Å². The summed E-state index contributed by atoms with van der Waals surface area (Å²) >= 11 is 0. The Kier molecular flexibility index (Phi) is 1.78. The molecule has 68 valence electrons. The minimum absolute atomic E-state index is 0.383. The van der Waals surface area contributed by atoms with Crippen molar-refractivity contribution in [3.05, 3.63) is 11.5 Å². The van der Waals surface area contributed by atoms with Gasteiger partial charge in [-0.1, -0.05) is 0 Å². The Morgan fingerprint density at radius 1 is 1.50 bits per heavy atom. The van der Waals surface area contributed by atoms with Gasteiger partial charge >= 0.3 is 0 Å². The van der Waals surface area contributed by atoms with Gasteiger partial charge in [0.1, 0.15) is 0 Å². The number of anilines is 1. The molecule has 0 aromatic carbocycles. The Labute approximate surface area is 67.0 Å². The van der Waals surface area contributed by atoms with E-state index in [0.717, 1.165) is 4.68 Å². The van der Waals surface area contributed by atoms with Gasteiger partial charge < -0.3 is 5.73 Å². The van der Waals surface area contributed by atoms with Crippen LogP contribution in [0, 0.1) is 5.82 Å². The van der Waals surface area contributed by atoms with Crippen LogP contribution >= 0.6 is 0 Å². The summed E-state index contributed by atoms with van der Waals surface area (Å²) < 4.78 is 38.8. The second-order valence-electron chi connectivity index (χ2n) is 2.56. The fourth-order valence-electron chi connectivity index (χ4n) is 0.792. The molecule has 0 amide bonds. The molecule has 0 atom stereocenters. The van der Waals surface area contributed by atoms with Crippen LogP contribution in [0.1, 0.15) is 12.6 Å². The van der Waals surface area contributed by atoms with Crippen molar-refractivity contribution < 1.29 is 13.2 Å². The summed E-state index contributed by atoms with van der Waals surface area (Å²) in [6.45, 7) is 0.567. The van der Waals surface area contributed by atoms with Crippen molar-refractivity contribution in [2.24, 2.45) is 7.05 Å². The minimum atomic E-state index is -3.29. The molecular weight excluding hydrogens is 171 g/mol. The third-order valence-electron chi connectivity index (χ3n) is 1.45. The first-order chi connectivity index (χ1) is 5.34. The summed E-state index contributed by atoms with van der Waals surface area (Å²) in [5.74, 6) is -4.82. The van der Waals surface area contributed by atoms with Crippen molar-refractivity contribution in [3.8, 4) is 0 Å². The average molecular weight is 179 g/mol. The topological polar surface area (TPSA) is 43.8 Å². The highest BCUT2D eigenvalue weighted by Gasteiger charge is 2.33. The van der Waals surface area contributed by atoms with Crippen LogP contribution in [-0.4, -0.2) is 9.78 Å². The van der Waals surface area contributed by atoms with Crippen molar-refractivity contribution in [3.63, 3.8) is 0 Å². The Morgan fingerprint density at radius 3 is 2.17 bits per heavy atom. The molecule has 12 heavy (non-hydrogen) atoms. The molecule has 1 aromatic heterocycles. The van der Waals surface area contributed by atoms with E-state index in [1.165, 1.54) is 7.05 Å². The normalized spacial score (nSPS) is 12.1. The number of alkyl halides is 2. The van der Waals surface area contributed by atoms with Crippen molar-refractivity contribution in [2.75, 3.05) is 5.73 Å². The largest absolute Gasteiger partial charge is 0.381 e. The lowest BCUT2D eigenvalue weighted by molar-refractivity contribution is 0.00867. The lowest BCUT2D eigenvalue weighted by atomic mass is 10.2. The molecule has 0 radical (unpaired) electrons. The van der Waals surface area contributed by atoms with E-state index >= 15 is 0 Å². The van der Waals surface area contributed by atoms with Gasteiger partial charge in [-0.15, -0.1) is 0 Å². The maximum absolute atomic E-state index is 12.8. The first kappa shape index (κ1) is 8.89. The highest BCUT2D eigenvalue weighted by atomic mass is 19.3. The summed E-state index contributed by atoms with van der Waals surface area (Å²) in [6, 6.07) is 0. The molecule has 1 heterocycles. The van der Waals surface area contributed by atoms with Gasteiger partial charge in [0.05, 0.1) is 0 Å². The monoisotopic (exact) mass is 179 g/mol. The zero-order valence-electron chi connectivity index (χ0n) is 6.61. The van der Waals surface area contributed by atoms with Gasteiger partial charge in [-0.2, -0.15) is 13.9 Å². The van der Waals surface area contributed by atoms with Crippen LogP contribution in [-0.2, 0) is 13.0 Å². The number of hydrogen-bond donors (Lipinski definition) is 1. The molecule has 3 nitrogen and oxygen atoms in total. The van der Waals surface area contributed by atoms with Crippen LogP contribution in [0.5, 0.6) is 0 Å². The molecule has 0 aliphatic carbocycles. The van der Waals surface area contributed by atoms with Crippen molar-refractivity contribution >= 4 is 5.82 Å². The number of halogens is 3. The molecule has 0 bridgehead atoms. The van der Waals surface area contributed by atoms with E-state index in [1.54, 1.807) is 0 Å². The van der Waals surface area contributed by atoms with E-state index in [4.69, 9.17) is 5.73 Å². The van der Waals surface area contributed by atoms with Gasteiger partial charge in [0.15, 0.2) is 17.3 Å². The molecule has 2 N–H and O–H groups in total. The molecule has 1 rings (SSSR count). The van der Waals surface area contributed by atoms with Gasteiger partial charge in [0.25, 0.3) is 5.92 Å². The van der Waals surface area contributed by atoms with Gasteiger partial charge in [0, 0.05) is 14.0 Å². The predicted molar refractivity (Wildman–Crippen MR) is 37.1 cm³/mol. The van der Waals surface area contributed by atoms with Gasteiger partial charge in [-0.05, 0) is 0 Å². The quantitative estimate of drug-likeness (QED) is 0.705. The fourth-order valence-corrected chi connectivity index (χ4v) is 0.792. The SMILES string of the molecule is Cn1nc(C(C)(F)F)c(F)c1N. The predicted octanol–water partition coefficient (Wildman–Crippen LogP) is 1.25. The number of aromatic nitrogens is 2. The lowest BCUT2D eigenvalue weighted by Gasteiger charge is -2.04. The standard InChI is InChI=1S/C6H8F3N3/c1-6(8,9)4-3(7)5(10)12(2)11-4/h10H2,1-2H3. The number of nitrogens with two attached hydrogens (primary N) is 1.